The third-order valence-corrected chi connectivity index (χ3v) is 26.6. The molecule has 0 fully saturated rings. The van der Waals surface area contributed by atoms with E-state index in [-0.39, 0.29) is 0 Å². The summed E-state index contributed by atoms with van der Waals surface area (Å²) < 4.78 is 9.83. The second kappa shape index (κ2) is 31.9. The Labute approximate surface area is 759 Å². The van der Waals surface area contributed by atoms with Gasteiger partial charge in [-0.05, 0) is 305 Å². The molecule has 4 heterocycles. The summed E-state index contributed by atoms with van der Waals surface area (Å²) in [5.41, 5.74) is 40.1. The van der Waals surface area contributed by atoms with Crippen LogP contribution in [0.25, 0.3) is 221 Å². The molecular weight excluding hydrogens is 1580 g/mol. The molecule has 21 aromatic carbocycles. The zero-order valence-electron chi connectivity index (χ0n) is 71.7. The van der Waals surface area contributed by atoms with Crippen LogP contribution in [-0.2, 0) is 0 Å². The molecule has 0 unspecified atom stereocenters. The predicted molar refractivity (Wildman–Crippen MR) is 553 cm³/mol. The molecule has 612 valence electrons. The van der Waals surface area contributed by atoms with Gasteiger partial charge in [0, 0.05) is 82.9 Å². The standard InChI is InChI=1S/C126H83N5/c1-8-30-84(31-9-1)92-56-62-123-115(76-92)117-80-96(60-66-125(117)128(123)105-46-26-42-90(74-105)102-70-98(86-34-12-3-13-35-86)68-99(71-102)87-36-14-4-15-37-87)94-58-64-121-113(78-94)111-52-22-24-54-119(111)130(121)109-50-28-48-107(82-109)127(104-44-20-7-21-45-104)108-49-29-51-110(83-108)131-120-55-25-23-53-112(120)114-79-95(59-65-122(114)131)97-61-67-126-118(81-97)116-77-93(85-32-10-2-11-33-85)57-63-124(116)129(126)106-47-27-43-91(75-106)103-72-100(88-38-16-5-17-39-88)69-101(73-103)89-40-18-6-19-41-89/h1-83H. The summed E-state index contributed by atoms with van der Waals surface area (Å²) >= 11 is 0. The Hall–Kier alpha value is -17.4. The molecule has 5 heteroatoms. The largest absolute Gasteiger partial charge is 0.310 e. The maximum Gasteiger partial charge on any atom is 0.0541 e. The third kappa shape index (κ3) is 13.6. The zero-order chi connectivity index (χ0) is 86.4. The van der Waals surface area contributed by atoms with Gasteiger partial charge in [-0.3, -0.25) is 0 Å². The monoisotopic (exact) mass is 1670 g/mol. The van der Waals surface area contributed by atoms with Gasteiger partial charge in [0.05, 0.1) is 44.1 Å². The number of hydrogen-bond acceptors (Lipinski definition) is 1. The van der Waals surface area contributed by atoms with Crippen molar-refractivity contribution in [1.29, 1.82) is 0 Å². The van der Waals surface area contributed by atoms with Gasteiger partial charge >= 0.3 is 0 Å². The van der Waals surface area contributed by atoms with Crippen LogP contribution in [-0.4, -0.2) is 18.3 Å². The van der Waals surface area contributed by atoms with Crippen LogP contribution < -0.4 is 4.90 Å². The van der Waals surface area contributed by atoms with Crippen molar-refractivity contribution in [1.82, 2.24) is 18.3 Å². The molecule has 25 aromatic rings. The topological polar surface area (TPSA) is 23.0 Å². The molecule has 0 amide bonds. The van der Waals surface area contributed by atoms with E-state index in [4.69, 9.17) is 0 Å². The lowest BCUT2D eigenvalue weighted by Crippen LogP contribution is -2.11. The van der Waals surface area contributed by atoms with Crippen molar-refractivity contribution in [2.45, 2.75) is 0 Å². The van der Waals surface area contributed by atoms with Gasteiger partial charge in [-0.25, -0.2) is 0 Å². The van der Waals surface area contributed by atoms with E-state index in [2.05, 4.69) is 527 Å². The fraction of sp³-hybridized carbons (Fsp3) is 0. The lowest BCUT2D eigenvalue weighted by Gasteiger charge is -2.27. The number of benzene rings is 21. The number of fused-ring (bicyclic) bond motifs is 12. The fourth-order valence-electron chi connectivity index (χ4n) is 20.4. The summed E-state index contributed by atoms with van der Waals surface area (Å²) in [5, 5.41) is 9.54. The molecule has 4 aromatic heterocycles. The molecule has 0 bridgehead atoms. The zero-order valence-corrected chi connectivity index (χ0v) is 71.7. The van der Waals surface area contributed by atoms with Crippen LogP contribution in [0.15, 0.2) is 504 Å². The number of rotatable bonds is 17. The van der Waals surface area contributed by atoms with Gasteiger partial charge in [-0.2, -0.15) is 0 Å². The number of hydrogen-bond donors (Lipinski definition) is 0. The van der Waals surface area contributed by atoms with E-state index < -0.39 is 0 Å². The molecule has 0 radical (unpaired) electrons. The molecule has 25 rings (SSSR count). The van der Waals surface area contributed by atoms with Crippen LogP contribution in [0.2, 0.25) is 0 Å². The van der Waals surface area contributed by atoms with E-state index in [1.54, 1.807) is 0 Å². The molecule has 0 aliphatic carbocycles. The minimum Gasteiger partial charge on any atom is -0.310 e. The molecule has 0 spiro atoms. The smallest absolute Gasteiger partial charge is 0.0541 e. The number of anilines is 3. The molecule has 0 aliphatic rings. The Morgan fingerprint density at radius 3 is 0.588 bits per heavy atom. The maximum atomic E-state index is 2.46. The van der Waals surface area contributed by atoms with Gasteiger partial charge in [0.1, 0.15) is 0 Å². The lowest BCUT2D eigenvalue weighted by molar-refractivity contribution is 1.16. The average Bonchev–Trinajstić information content (AvgIpc) is 1.58. The molecule has 0 saturated heterocycles. The van der Waals surface area contributed by atoms with Gasteiger partial charge in [0.15, 0.2) is 0 Å². The van der Waals surface area contributed by atoms with E-state index >= 15 is 0 Å². The van der Waals surface area contributed by atoms with Crippen LogP contribution in [0.4, 0.5) is 17.1 Å². The molecule has 0 aliphatic heterocycles. The van der Waals surface area contributed by atoms with E-state index in [1.807, 2.05) is 0 Å². The van der Waals surface area contributed by atoms with Crippen LogP contribution in [0.3, 0.4) is 0 Å². The van der Waals surface area contributed by atoms with Crippen molar-refractivity contribution in [3.05, 3.63) is 504 Å². The van der Waals surface area contributed by atoms with Crippen LogP contribution in [0.5, 0.6) is 0 Å². The Balaban J connectivity index is 0.564. The summed E-state index contributed by atoms with van der Waals surface area (Å²) in [6.45, 7) is 0. The predicted octanol–water partition coefficient (Wildman–Crippen LogP) is 34.2. The average molecular weight is 1670 g/mol. The van der Waals surface area contributed by atoms with Crippen LogP contribution in [0, 0.1) is 0 Å². The van der Waals surface area contributed by atoms with E-state index in [0.29, 0.717) is 0 Å². The fourth-order valence-corrected chi connectivity index (χ4v) is 20.4. The minimum absolute atomic E-state index is 1.04. The van der Waals surface area contributed by atoms with Gasteiger partial charge in [0.2, 0.25) is 0 Å². The molecule has 5 nitrogen and oxygen atoms in total. The van der Waals surface area contributed by atoms with Gasteiger partial charge < -0.3 is 23.2 Å². The SMILES string of the molecule is c1ccc(-c2cc(-c3ccccc3)cc(-c3cccc(-n4c5ccc(-c6ccccc6)cc5c5cc(-c6ccc7c(c6)c6ccccc6n7-c6cccc(N(c7ccccc7)c7cccc(-n8c9ccccc9c9cc(-c%10ccc%11c(c%10)c%10cc(-c%12ccccc%12)ccc%10n%11-c%10cccc(-c%11cc(-c%12ccccc%12)cc(-c%12ccccc%12)c%11)c%10)ccc98)c7)c6)ccc54)c3)c2)cc1. The molecular formula is C126H83N5. The van der Waals surface area contributed by atoms with E-state index in [9.17, 15) is 0 Å². The number of nitrogens with zero attached hydrogens (tertiary/aromatic N) is 5. The van der Waals surface area contributed by atoms with Crippen molar-refractivity contribution in [2.24, 2.45) is 0 Å². The first-order chi connectivity index (χ1) is 64.9. The maximum absolute atomic E-state index is 2.46. The quantitative estimate of drug-likeness (QED) is 0.0891. The second-order valence-corrected chi connectivity index (χ2v) is 34.4. The van der Waals surface area contributed by atoms with Crippen molar-refractivity contribution >= 4 is 104 Å². The first-order valence-corrected chi connectivity index (χ1v) is 45.1. The minimum atomic E-state index is 1.04. The Bertz CT molecular complexity index is 8140. The normalized spacial score (nSPS) is 11.7. The molecule has 131 heavy (non-hydrogen) atoms. The summed E-state index contributed by atoms with van der Waals surface area (Å²) in [6, 6.07) is 186. The highest BCUT2D eigenvalue weighted by atomic mass is 15.1. The lowest BCUT2D eigenvalue weighted by atomic mass is 9.93. The highest BCUT2D eigenvalue weighted by Crippen LogP contribution is 2.47. The molecule has 0 saturated carbocycles. The summed E-state index contributed by atoms with van der Waals surface area (Å²) in [6.07, 6.45) is 0. The number of aromatic nitrogens is 4. The number of para-hydroxylation sites is 3. The van der Waals surface area contributed by atoms with Crippen LogP contribution in [0.1, 0.15) is 0 Å². The summed E-state index contributed by atoms with van der Waals surface area (Å²) in [7, 11) is 0. The Kier molecular flexibility index (Phi) is 18.5. The second-order valence-electron chi connectivity index (χ2n) is 34.4. The first kappa shape index (κ1) is 76.1. The van der Waals surface area contributed by atoms with Crippen molar-refractivity contribution in [3.63, 3.8) is 0 Å². The van der Waals surface area contributed by atoms with E-state index in [0.717, 1.165) is 117 Å². The van der Waals surface area contributed by atoms with Crippen molar-refractivity contribution in [3.8, 4) is 134 Å². The highest BCUT2D eigenvalue weighted by molar-refractivity contribution is 6.16. The van der Waals surface area contributed by atoms with Crippen LogP contribution >= 0.6 is 0 Å². The summed E-state index contributed by atoms with van der Waals surface area (Å²) in [4.78, 5) is 2.41. The molecule has 0 N–H and O–H groups in total. The summed E-state index contributed by atoms with van der Waals surface area (Å²) in [5.74, 6) is 0. The third-order valence-electron chi connectivity index (χ3n) is 26.6. The first-order valence-electron chi connectivity index (χ1n) is 45.1. The van der Waals surface area contributed by atoms with Gasteiger partial charge in [-0.1, -0.05) is 309 Å². The highest BCUT2D eigenvalue weighted by Gasteiger charge is 2.25. The van der Waals surface area contributed by atoms with Crippen molar-refractivity contribution in [2.75, 3.05) is 4.90 Å². The Morgan fingerprint density at radius 1 is 0.107 bits per heavy atom. The van der Waals surface area contributed by atoms with Crippen molar-refractivity contribution < 1.29 is 0 Å². The molecule has 0 atom stereocenters. The van der Waals surface area contributed by atoms with Gasteiger partial charge in [0.25, 0.3) is 0 Å². The Morgan fingerprint density at radius 2 is 0.298 bits per heavy atom. The van der Waals surface area contributed by atoms with Gasteiger partial charge in [-0.15, -0.1) is 0 Å². The van der Waals surface area contributed by atoms with E-state index in [1.165, 1.54) is 121 Å².